The summed E-state index contributed by atoms with van der Waals surface area (Å²) in [7, 11) is 3.03. The van der Waals surface area contributed by atoms with Gasteiger partial charge >= 0.3 is 0 Å². The topological polar surface area (TPSA) is 90.6 Å². The zero-order valence-corrected chi connectivity index (χ0v) is 15.3. The lowest BCUT2D eigenvalue weighted by Gasteiger charge is -2.13. The summed E-state index contributed by atoms with van der Waals surface area (Å²) in [6.07, 6.45) is 1.54. The molecular formula is C20H17N5O3. The Morgan fingerprint density at radius 1 is 1.00 bits per heavy atom. The fraction of sp³-hybridized carbons (Fsp3) is 0.100. The Labute approximate surface area is 160 Å². The van der Waals surface area contributed by atoms with Gasteiger partial charge in [-0.2, -0.15) is 9.61 Å². The van der Waals surface area contributed by atoms with Crippen molar-refractivity contribution in [2.24, 2.45) is 0 Å². The van der Waals surface area contributed by atoms with Gasteiger partial charge in [-0.15, -0.1) is 10.2 Å². The Balaban J connectivity index is 1.64. The molecule has 0 aliphatic rings. The second kappa shape index (κ2) is 7.36. The Kier molecular flexibility index (Phi) is 4.59. The molecule has 1 N–H and O–H groups in total. The number of benzene rings is 2. The molecular weight excluding hydrogens is 358 g/mol. The normalized spacial score (nSPS) is 10.6. The number of aromatic nitrogens is 4. The number of nitrogens with zero attached hydrogens (tertiary/aromatic N) is 4. The van der Waals surface area contributed by atoms with E-state index in [0.29, 0.717) is 28.4 Å². The van der Waals surface area contributed by atoms with Gasteiger partial charge in [0.05, 0.1) is 19.9 Å². The third-order valence-corrected chi connectivity index (χ3v) is 4.23. The molecule has 28 heavy (non-hydrogen) atoms. The number of ether oxygens (including phenoxy) is 2. The molecule has 0 aliphatic carbocycles. The number of hydrogen-bond acceptors (Lipinski definition) is 6. The predicted octanol–water partition coefficient (Wildman–Crippen LogP) is 3.06. The van der Waals surface area contributed by atoms with Gasteiger partial charge in [0, 0.05) is 11.3 Å². The summed E-state index contributed by atoms with van der Waals surface area (Å²) in [5.74, 6) is 0.550. The van der Waals surface area contributed by atoms with Gasteiger partial charge in [-0.25, -0.2) is 0 Å². The minimum absolute atomic E-state index is 0.325. The summed E-state index contributed by atoms with van der Waals surface area (Å²) in [5, 5.41) is 15.1. The Hall–Kier alpha value is -3.94. The molecule has 1 amide bonds. The van der Waals surface area contributed by atoms with Crippen LogP contribution < -0.4 is 14.8 Å². The van der Waals surface area contributed by atoms with Crippen molar-refractivity contribution in [3.63, 3.8) is 0 Å². The predicted molar refractivity (Wildman–Crippen MR) is 104 cm³/mol. The van der Waals surface area contributed by atoms with Crippen LogP contribution in [-0.4, -0.2) is 39.9 Å². The van der Waals surface area contributed by atoms with Crippen LogP contribution in [0.5, 0.6) is 11.5 Å². The molecule has 2 heterocycles. The molecule has 4 rings (SSSR count). The molecule has 2 aromatic heterocycles. The van der Waals surface area contributed by atoms with E-state index >= 15 is 0 Å². The Bertz CT molecular complexity index is 1130. The highest BCUT2D eigenvalue weighted by molar-refractivity contribution is 6.08. The van der Waals surface area contributed by atoms with E-state index in [9.17, 15) is 4.79 Å². The van der Waals surface area contributed by atoms with E-state index in [1.165, 1.54) is 14.2 Å². The number of hydrogen-bond donors (Lipinski definition) is 1. The maximum atomic E-state index is 12.9. The molecule has 0 atom stereocenters. The maximum absolute atomic E-state index is 12.9. The monoisotopic (exact) mass is 375 g/mol. The summed E-state index contributed by atoms with van der Waals surface area (Å²) < 4.78 is 12.2. The van der Waals surface area contributed by atoms with E-state index in [0.717, 1.165) is 11.3 Å². The molecule has 0 radical (unpaired) electrons. The molecule has 0 aliphatic heterocycles. The van der Waals surface area contributed by atoms with E-state index in [1.54, 1.807) is 35.1 Å². The molecule has 0 saturated carbocycles. The summed E-state index contributed by atoms with van der Waals surface area (Å²) in [6.45, 7) is 0. The molecule has 8 heteroatoms. The van der Waals surface area contributed by atoms with Gasteiger partial charge < -0.3 is 14.8 Å². The van der Waals surface area contributed by atoms with E-state index in [1.807, 2.05) is 30.3 Å². The van der Waals surface area contributed by atoms with Crippen LogP contribution in [0.15, 0.2) is 60.9 Å². The maximum Gasteiger partial charge on any atom is 0.263 e. The summed E-state index contributed by atoms with van der Waals surface area (Å²) >= 11 is 0. The molecule has 0 spiro atoms. The summed E-state index contributed by atoms with van der Waals surface area (Å²) in [5.41, 5.74) is 3.21. The summed E-state index contributed by atoms with van der Waals surface area (Å²) in [6, 6.07) is 16.3. The Morgan fingerprint density at radius 3 is 2.50 bits per heavy atom. The molecule has 4 aromatic rings. The van der Waals surface area contributed by atoms with E-state index in [2.05, 4.69) is 20.6 Å². The average molecular weight is 375 g/mol. The zero-order chi connectivity index (χ0) is 19.5. The van der Waals surface area contributed by atoms with Gasteiger partial charge in [-0.3, -0.25) is 4.79 Å². The van der Waals surface area contributed by atoms with E-state index in [-0.39, 0.29) is 5.91 Å². The third kappa shape index (κ3) is 3.23. The minimum atomic E-state index is -0.325. The van der Waals surface area contributed by atoms with Crippen LogP contribution in [0.4, 0.5) is 5.69 Å². The molecule has 0 unspecified atom stereocenters. The highest BCUT2D eigenvalue weighted by atomic mass is 16.5. The van der Waals surface area contributed by atoms with Crippen molar-refractivity contribution in [2.75, 3.05) is 19.5 Å². The highest BCUT2D eigenvalue weighted by Crippen LogP contribution is 2.29. The van der Waals surface area contributed by atoms with Gasteiger partial charge in [0.25, 0.3) is 5.91 Å². The van der Waals surface area contributed by atoms with Crippen molar-refractivity contribution >= 4 is 17.2 Å². The first-order valence-corrected chi connectivity index (χ1v) is 8.49. The van der Waals surface area contributed by atoms with Gasteiger partial charge in [0.15, 0.2) is 5.65 Å². The first-order chi connectivity index (χ1) is 13.7. The van der Waals surface area contributed by atoms with Gasteiger partial charge in [-0.05, 0) is 36.4 Å². The molecule has 0 bridgehead atoms. The third-order valence-electron chi connectivity index (χ3n) is 4.23. The van der Waals surface area contributed by atoms with E-state index < -0.39 is 0 Å². The van der Waals surface area contributed by atoms with Crippen molar-refractivity contribution < 1.29 is 14.3 Å². The lowest BCUT2D eigenvalue weighted by molar-refractivity contribution is 0.102. The van der Waals surface area contributed by atoms with Crippen LogP contribution in [0, 0.1) is 0 Å². The number of nitrogens with one attached hydrogen (secondary N) is 1. The Morgan fingerprint density at radius 2 is 1.75 bits per heavy atom. The smallest absolute Gasteiger partial charge is 0.263 e. The highest BCUT2D eigenvalue weighted by Gasteiger charge is 2.18. The average Bonchev–Trinajstić information content (AvgIpc) is 3.21. The molecule has 0 fully saturated rings. The molecule has 8 nitrogen and oxygen atoms in total. The SMILES string of the molecule is COc1cccc(OC)c1C(=O)Nc1cccc(-c2ccc3nncn3n2)c1. The second-order valence-electron chi connectivity index (χ2n) is 5.92. The first kappa shape index (κ1) is 17.5. The van der Waals surface area contributed by atoms with Crippen molar-refractivity contribution in [2.45, 2.75) is 0 Å². The quantitative estimate of drug-likeness (QED) is 0.576. The fourth-order valence-electron chi connectivity index (χ4n) is 2.91. The number of amides is 1. The largest absolute Gasteiger partial charge is 0.496 e. The first-order valence-electron chi connectivity index (χ1n) is 8.49. The minimum Gasteiger partial charge on any atom is -0.496 e. The van der Waals surface area contributed by atoms with Crippen molar-refractivity contribution in [3.8, 4) is 22.8 Å². The lowest BCUT2D eigenvalue weighted by Crippen LogP contribution is -2.14. The zero-order valence-electron chi connectivity index (χ0n) is 15.3. The van der Waals surface area contributed by atoms with E-state index in [4.69, 9.17) is 9.47 Å². The van der Waals surface area contributed by atoms with Crippen LogP contribution in [0.2, 0.25) is 0 Å². The molecule has 140 valence electrons. The molecule has 0 saturated heterocycles. The van der Waals surface area contributed by atoms with Crippen LogP contribution in [-0.2, 0) is 0 Å². The van der Waals surface area contributed by atoms with Crippen LogP contribution in [0.1, 0.15) is 10.4 Å². The van der Waals surface area contributed by atoms with Gasteiger partial charge in [0.2, 0.25) is 0 Å². The second-order valence-corrected chi connectivity index (χ2v) is 5.92. The van der Waals surface area contributed by atoms with Crippen LogP contribution in [0.3, 0.4) is 0 Å². The number of rotatable bonds is 5. The molecule has 2 aromatic carbocycles. The summed E-state index contributed by atoms with van der Waals surface area (Å²) in [4.78, 5) is 12.9. The number of carbonyl (C=O) groups excluding carboxylic acids is 1. The van der Waals surface area contributed by atoms with Crippen LogP contribution in [0.25, 0.3) is 16.9 Å². The van der Waals surface area contributed by atoms with Crippen LogP contribution >= 0.6 is 0 Å². The van der Waals surface area contributed by atoms with Gasteiger partial charge in [0.1, 0.15) is 23.4 Å². The van der Waals surface area contributed by atoms with Crippen molar-refractivity contribution in [3.05, 3.63) is 66.5 Å². The standard InChI is InChI=1S/C20H17N5O3/c1-27-16-7-4-8-17(28-2)19(16)20(26)22-14-6-3-5-13(11-14)15-9-10-18-23-21-12-25(18)24-15/h3-12H,1-2H3,(H,22,26). The number of anilines is 1. The van der Waals surface area contributed by atoms with Crippen molar-refractivity contribution in [1.29, 1.82) is 0 Å². The number of methoxy groups -OCH3 is 2. The number of fused-ring (bicyclic) bond motifs is 1. The lowest BCUT2D eigenvalue weighted by atomic mass is 10.1. The number of carbonyl (C=O) groups is 1. The van der Waals surface area contributed by atoms with Crippen molar-refractivity contribution in [1.82, 2.24) is 19.8 Å². The van der Waals surface area contributed by atoms with Gasteiger partial charge in [-0.1, -0.05) is 18.2 Å². The fourth-order valence-corrected chi connectivity index (χ4v) is 2.91.